The maximum atomic E-state index is 12.7. The van der Waals surface area contributed by atoms with Crippen LogP contribution in [0.5, 0.6) is 0 Å². The first-order valence-corrected chi connectivity index (χ1v) is 6.73. The first-order valence-electron chi connectivity index (χ1n) is 6.73. The minimum atomic E-state index is -4.55. The molecule has 0 bridgehead atoms. The minimum absolute atomic E-state index is 0.177. The number of hydrogen-bond acceptors (Lipinski definition) is 6. The Kier molecular flexibility index (Phi) is 3.99. The van der Waals surface area contributed by atoms with Gasteiger partial charge in [-0.25, -0.2) is 14.6 Å². The van der Waals surface area contributed by atoms with Crippen molar-refractivity contribution in [3.63, 3.8) is 0 Å². The summed E-state index contributed by atoms with van der Waals surface area (Å²) in [7, 11) is 0. The summed E-state index contributed by atoms with van der Waals surface area (Å²) >= 11 is 0. The molecule has 0 saturated carbocycles. The third-order valence-corrected chi connectivity index (χ3v) is 3.37. The molecule has 1 N–H and O–H groups in total. The third-order valence-electron chi connectivity index (χ3n) is 3.37. The van der Waals surface area contributed by atoms with Crippen molar-refractivity contribution in [3.05, 3.63) is 46.6 Å². The van der Waals surface area contributed by atoms with Crippen LogP contribution in [-0.4, -0.2) is 39.0 Å². The van der Waals surface area contributed by atoms with Crippen LogP contribution < -0.4 is 10.9 Å². The van der Waals surface area contributed by atoms with Crippen LogP contribution in [0.4, 0.5) is 19.1 Å². The van der Waals surface area contributed by atoms with Gasteiger partial charge in [0.2, 0.25) is 5.95 Å². The van der Waals surface area contributed by atoms with Gasteiger partial charge in [0.25, 0.3) is 5.56 Å². The van der Waals surface area contributed by atoms with Crippen molar-refractivity contribution in [2.75, 3.05) is 18.5 Å². The van der Waals surface area contributed by atoms with Crippen LogP contribution in [0.25, 0.3) is 0 Å². The lowest BCUT2D eigenvalue weighted by molar-refractivity contribution is -0.141. The number of anilines is 1. The molecule has 1 fully saturated rings. The zero-order valence-electron chi connectivity index (χ0n) is 11.7. The van der Waals surface area contributed by atoms with Gasteiger partial charge in [-0.15, -0.1) is 0 Å². The van der Waals surface area contributed by atoms with E-state index in [9.17, 15) is 18.0 Å². The van der Waals surface area contributed by atoms with Gasteiger partial charge in [0.1, 0.15) is 11.7 Å². The zero-order valence-corrected chi connectivity index (χ0v) is 11.7. The van der Waals surface area contributed by atoms with Crippen molar-refractivity contribution in [2.45, 2.75) is 18.3 Å². The Morgan fingerprint density at radius 3 is 2.83 bits per heavy atom. The summed E-state index contributed by atoms with van der Waals surface area (Å²) in [5, 5.41) is 6.75. The molecule has 3 heterocycles. The van der Waals surface area contributed by atoms with E-state index in [1.165, 1.54) is 23.0 Å². The molecule has 1 saturated heterocycles. The van der Waals surface area contributed by atoms with E-state index >= 15 is 0 Å². The molecular weight excluding hydrogens is 315 g/mol. The van der Waals surface area contributed by atoms with Crippen molar-refractivity contribution in [1.29, 1.82) is 0 Å². The largest absolute Gasteiger partial charge is 0.433 e. The van der Waals surface area contributed by atoms with Crippen molar-refractivity contribution >= 4 is 5.95 Å². The van der Waals surface area contributed by atoms with Crippen molar-refractivity contribution < 1.29 is 17.9 Å². The quantitative estimate of drug-likeness (QED) is 0.909. The molecule has 122 valence electrons. The molecule has 0 aromatic carbocycles. The molecule has 2 aromatic heterocycles. The lowest BCUT2D eigenvalue weighted by Crippen LogP contribution is -2.37. The second-order valence-corrected chi connectivity index (χ2v) is 4.93. The van der Waals surface area contributed by atoms with Crippen molar-refractivity contribution in [1.82, 2.24) is 19.7 Å². The molecule has 3 rings (SSSR count). The van der Waals surface area contributed by atoms with E-state index in [0.717, 1.165) is 12.3 Å². The number of ether oxygens (including phenoxy) is 1. The van der Waals surface area contributed by atoms with Crippen LogP contribution in [0.15, 0.2) is 35.4 Å². The van der Waals surface area contributed by atoms with Crippen LogP contribution >= 0.6 is 0 Å². The van der Waals surface area contributed by atoms with Gasteiger partial charge < -0.3 is 10.1 Å². The zero-order chi connectivity index (χ0) is 16.4. The van der Waals surface area contributed by atoms with Gasteiger partial charge in [0.05, 0.1) is 19.3 Å². The van der Waals surface area contributed by atoms with Gasteiger partial charge in [-0.05, 0) is 12.1 Å². The van der Waals surface area contributed by atoms with Gasteiger partial charge >= 0.3 is 6.18 Å². The van der Waals surface area contributed by atoms with Crippen LogP contribution in [0, 0.1) is 0 Å². The molecule has 0 radical (unpaired) electrons. The number of alkyl halides is 3. The highest BCUT2D eigenvalue weighted by molar-refractivity contribution is 5.28. The Morgan fingerprint density at radius 1 is 1.26 bits per heavy atom. The van der Waals surface area contributed by atoms with E-state index in [-0.39, 0.29) is 24.7 Å². The van der Waals surface area contributed by atoms with Gasteiger partial charge in [-0.2, -0.15) is 18.3 Å². The first kappa shape index (κ1) is 15.4. The summed E-state index contributed by atoms with van der Waals surface area (Å²) in [6.07, 6.45) is -2.07. The maximum absolute atomic E-state index is 12.7. The molecule has 23 heavy (non-hydrogen) atoms. The lowest BCUT2D eigenvalue weighted by Gasteiger charge is -2.20. The molecule has 0 aliphatic carbocycles. The van der Waals surface area contributed by atoms with Gasteiger partial charge in [-0.3, -0.25) is 4.79 Å². The number of hydrogen-bond donors (Lipinski definition) is 1. The van der Waals surface area contributed by atoms with E-state index in [0.29, 0.717) is 0 Å². The lowest BCUT2D eigenvalue weighted by atomic mass is 10.2. The predicted molar refractivity (Wildman–Crippen MR) is 72.8 cm³/mol. The molecule has 2 atom stereocenters. The summed E-state index contributed by atoms with van der Waals surface area (Å²) in [5.41, 5.74) is -1.36. The average Bonchev–Trinajstić information content (AvgIpc) is 2.95. The predicted octanol–water partition coefficient (Wildman–Crippen LogP) is 1.10. The Bertz CT molecular complexity index is 749. The second kappa shape index (κ2) is 5.95. The average molecular weight is 327 g/mol. The number of aromatic nitrogens is 4. The van der Waals surface area contributed by atoms with Gasteiger partial charge in [-0.1, -0.05) is 0 Å². The van der Waals surface area contributed by atoms with Crippen molar-refractivity contribution in [3.8, 4) is 0 Å². The van der Waals surface area contributed by atoms with E-state index in [1.54, 1.807) is 0 Å². The van der Waals surface area contributed by atoms with Gasteiger partial charge in [0, 0.05) is 18.5 Å². The molecule has 7 nitrogen and oxygen atoms in total. The minimum Gasteiger partial charge on any atom is -0.377 e. The Hall–Kier alpha value is -2.49. The number of nitrogens with zero attached hydrogens (tertiary/aromatic N) is 4. The molecule has 2 unspecified atom stereocenters. The van der Waals surface area contributed by atoms with E-state index in [1.807, 2.05) is 0 Å². The monoisotopic (exact) mass is 327 g/mol. The maximum Gasteiger partial charge on any atom is 0.433 e. The van der Waals surface area contributed by atoms with Crippen LogP contribution in [0.3, 0.4) is 0 Å². The first-order chi connectivity index (χ1) is 10.9. The fourth-order valence-corrected chi connectivity index (χ4v) is 2.29. The topological polar surface area (TPSA) is 81.9 Å². The van der Waals surface area contributed by atoms with Crippen LogP contribution in [0.2, 0.25) is 0 Å². The van der Waals surface area contributed by atoms with E-state index in [4.69, 9.17) is 4.74 Å². The highest BCUT2D eigenvalue weighted by Gasteiger charge is 2.34. The van der Waals surface area contributed by atoms with E-state index < -0.39 is 24.0 Å². The fraction of sp³-hybridized carbons (Fsp3) is 0.385. The van der Waals surface area contributed by atoms with Crippen LogP contribution in [-0.2, 0) is 10.9 Å². The normalized spacial score (nSPS) is 21.3. The number of nitrogens with one attached hydrogen (secondary N) is 1. The third kappa shape index (κ3) is 3.31. The molecule has 1 aliphatic rings. The SMILES string of the molecule is O=c1cccnn1C1COCC1Nc1nccc(C(F)(F)F)n1. The summed E-state index contributed by atoms with van der Waals surface area (Å²) < 4.78 is 44.6. The molecular formula is C13H12F3N5O2. The highest BCUT2D eigenvalue weighted by atomic mass is 19.4. The summed E-state index contributed by atoms with van der Waals surface area (Å²) in [6.45, 7) is 0.417. The Morgan fingerprint density at radius 2 is 2.09 bits per heavy atom. The summed E-state index contributed by atoms with van der Waals surface area (Å²) in [6, 6.07) is 2.72. The fourth-order valence-electron chi connectivity index (χ4n) is 2.29. The Labute approximate surface area is 128 Å². The standard InChI is InChI=1S/C13H12F3N5O2/c14-13(15,16)10-3-5-17-12(20-10)19-8-6-23-7-9(8)21-11(22)2-1-4-18-21/h1-5,8-9H,6-7H2,(H,17,19,20). The second-order valence-electron chi connectivity index (χ2n) is 4.93. The molecule has 0 spiro atoms. The number of rotatable bonds is 3. The van der Waals surface area contributed by atoms with Gasteiger partial charge in [0.15, 0.2) is 0 Å². The summed E-state index contributed by atoms with van der Waals surface area (Å²) in [5.74, 6) is -0.177. The van der Waals surface area contributed by atoms with Crippen LogP contribution in [0.1, 0.15) is 11.7 Å². The molecule has 0 amide bonds. The molecule has 10 heteroatoms. The highest BCUT2D eigenvalue weighted by Crippen LogP contribution is 2.28. The molecule has 2 aromatic rings. The number of halogens is 3. The smallest absolute Gasteiger partial charge is 0.377 e. The van der Waals surface area contributed by atoms with E-state index in [2.05, 4.69) is 20.4 Å². The summed E-state index contributed by atoms with van der Waals surface area (Å²) in [4.78, 5) is 19.1. The molecule has 1 aliphatic heterocycles. The van der Waals surface area contributed by atoms with Crippen molar-refractivity contribution in [2.24, 2.45) is 0 Å². The Balaban J connectivity index is 1.82.